The average molecular weight is 788 g/mol. The zero-order valence-corrected chi connectivity index (χ0v) is 34.1. The number of nitrogens with zero attached hydrogens (tertiary/aromatic N) is 5. The van der Waals surface area contributed by atoms with Gasteiger partial charge in [0.25, 0.3) is 0 Å². The lowest BCUT2D eigenvalue weighted by molar-refractivity contribution is 0.250. The number of hydrogen-bond acceptors (Lipinski definition) is 9. The second-order valence-corrected chi connectivity index (χ2v) is 15.9. The third kappa shape index (κ3) is 11.1. The number of piperazine rings is 1. The minimum absolute atomic E-state index is 0.248. The van der Waals surface area contributed by atoms with Crippen LogP contribution in [0.5, 0.6) is 0 Å². The number of benzene rings is 5. The van der Waals surface area contributed by atoms with Gasteiger partial charge in [-0.3, -0.25) is 10.3 Å². The van der Waals surface area contributed by atoms with E-state index < -0.39 is 0 Å². The number of aliphatic imine (C=N–C) groups is 1. The molecule has 1 saturated heterocycles. The van der Waals surface area contributed by atoms with E-state index in [0.29, 0.717) is 22.8 Å². The maximum absolute atomic E-state index is 13.5. The van der Waals surface area contributed by atoms with Gasteiger partial charge in [-0.1, -0.05) is 72.8 Å². The molecule has 11 heteroatoms. The van der Waals surface area contributed by atoms with Crippen LogP contribution in [0.25, 0.3) is 11.1 Å². The van der Waals surface area contributed by atoms with Gasteiger partial charge in [0, 0.05) is 88.9 Å². The van der Waals surface area contributed by atoms with Crippen LogP contribution < -0.4 is 26.5 Å². The van der Waals surface area contributed by atoms with Crippen LogP contribution >= 0.6 is 23.4 Å². The van der Waals surface area contributed by atoms with Crippen molar-refractivity contribution in [2.75, 3.05) is 73.7 Å². The van der Waals surface area contributed by atoms with E-state index in [-0.39, 0.29) is 6.04 Å². The molecule has 5 aromatic rings. The Morgan fingerprint density at radius 2 is 1.68 bits per heavy atom. The van der Waals surface area contributed by atoms with Crippen LogP contribution in [0.4, 0.5) is 22.7 Å². The van der Waals surface area contributed by atoms with Crippen LogP contribution in [0.15, 0.2) is 138 Å². The van der Waals surface area contributed by atoms with Crippen LogP contribution in [0, 0.1) is 12.1 Å². The molecule has 0 aromatic heterocycles. The summed E-state index contributed by atoms with van der Waals surface area (Å²) < 4.78 is 0. The van der Waals surface area contributed by atoms with Gasteiger partial charge >= 0.3 is 0 Å². The number of hydrogen-bond donors (Lipinski definition) is 3. The topological polar surface area (TPSA) is 98.5 Å². The Labute approximate surface area is 341 Å². The number of thioether (sulfide) groups is 1. The molecule has 6 rings (SSSR count). The van der Waals surface area contributed by atoms with E-state index in [1.54, 1.807) is 0 Å². The lowest BCUT2D eigenvalue weighted by Crippen LogP contribution is -2.46. The van der Waals surface area contributed by atoms with Crippen molar-refractivity contribution in [2.24, 2.45) is 4.99 Å². The molecule has 0 bridgehead atoms. The maximum atomic E-state index is 13.5. The minimum Gasteiger partial charge on any atom is -0.739 e. The van der Waals surface area contributed by atoms with Gasteiger partial charge in [0.05, 0.1) is 0 Å². The summed E-state index contributed by atoms with van der Waals surface area (Å²) in [5.41, 5.74) is 17.9. The summed E-state index contributed by atoms with van der Waals surface area (Å²) in [6, 6.07) is 38.9. The third-order valence-electron chi connectivity index (χ3n) is 9.95. The van der Waals surface area contributed by atoms with E-state index in [0.717, 1.165) is 78.6 Å². The third-order valence-corrected chi connectivity index (χ3v) is 11.4. The Bertz CT molecular complexity index is 2070. The largest absolute Gasteiger partial charge is 0.739 e. The van der Waals surface area contributed by atoms with Crippen molar-refractivity contribution in [3.05, 3.63) is 155 Å². The van der Waals surface area contributed by atoms with E-state index >= 15 is 0 Å². The van der Waals surface area contributed by atoms with E-state index in [4.69, 9.17) is 17.3 Å². The molecule has 0 aliphatic carbocycles. The summed E-state index contributed by atoms with van der Waals surface area (Å²) in [5, 5.41) is 18.7. The Kier molecular flexibility index (Phi) is 14.4. The molecular weight excluding hydrogens is 736 g/mol. The molecule has 0 saturated carbocycles. The average Bonchev–Trinajstić information content (AvgIpc) is 3.20. The number of nitrogen functional groups attached to an aromatic ring is 1. The zero-order chi connectivity index (χ0) is 39.4. The van der Waals surface area contributed by atoms with Crippen LogP contribution in [0.2, 0.25) is 5.02 Å². The number of nitrogens with two attached hydrogens (primary N) is 1. The normalized spacial score (nSPS) is 14.1. The standard InChI is InChI=1S/C45H52ClN8OS/c1-5-48-45(50-54(55)39-20-22-44(33(2)29-39)49-37(23-24-51(3)4)32-56-40-12-7-6-8-13-40)42-21-19-38(30-43(42)47)53-27-25-52(26-28-53)31-35-11-9-10-14-41(35)34-15-17-36(46)18-16-34/h5-22,29-30,37,49H,1,23-28,31-32,47H2,2-4H3,(H,48,50)/q-1/t37-/m1/s1. The Morgan fingerprint density at radius 3 is 2.38 bits per heavy atom. The lowest BCUT2D eigenvalue weighted by Gasteiger charge is -2.37. The molecule has 0 radical (unpaired) electrons. The monoisotopic (exact) mass is 787 g/mol. The summed E-state index contributed by atoms with van der Waals surface area (Å²) in [5.74, 6) is 1.25. The van der Waals surface area contributed by atoms with Gasteiger partial charge in [-0.2, -0.15) is 0 Å². The highest BCUT2D eigenvalue weighted by Crippen LogP contribution is 2.29. The number of hydrazine groups is 1. The highest BCUT2D eigenvalue weighted by atomic mass is 35.5. The molecule has 0 unspecified atom stereocenters. The zero-order valence-electron chi connectivity index (χ0n) is 32.5. The van der Waals surface area contributed by atoms with Crippen LogP contribution in [0.1, 0.15) is 23.1 Å². The smallest absolute Gasteiger partial charge is 0.153 e. The molecule has 1 fully saturated rings. The van der Waals surface area contributed by atoms with Gasteiger partial charge in [-0.15, -0.1) is 11.8 Å². The highest BCUT2D eigenvalue weighted by molar-refractivity contribution is 7.99. The first-order valence-electron chi connectivity index (χ1n) is 19.0. The molecule has 56 heavy (non-hydrogen) atoms. The molecule has 9 nitrogen and oxygen atoms in total. The van der Waals surface area contributed by atoms with Crippen molar-refractivity contribution >= 4 is 51.9 Å². The van der Waals surface area contributed by atoms with Gasteiger partial charge in [0.2, 0.25) is 0 Å². The Morgan fingerprint density at radius 1 is 0.946 bits per heavy atom. The quantitative estimate of drug-likeness (QED) is 0.0298. The fourth-order valence-electron chi connectivity index (χ4n) is 6.83. The van der Waals surface area contributed by atoms with Crippen molar-refractivity contribution in [1.82, 2.24) is 15.2 Å². The minimum atomic E-state index is 0.248. The summed E-state index contributed by atoms with van der Waals surface area (Å²) in [7, 11) is 4.19. The van der Waals surface area contributed by atoms with E-state index in [1.165, 1.54) is 27.8 Å². The molecule has 1 heterocycles. The Balaban J connectivity index is 1.06. The number of amidine groups is 1. The van der Waals surface area contributed by atoms with Crippen molar-refractivity contribution in [1.29, 1.82) is 0 Å². The predicted molar refractivity (Wildman–Crippen MR) is 240 cm³/mol. The van der Waals surface area contributed by atoms with Crippen molar-refractivity contribution in [3.8, 4) is 11.1 Å². The molecule has 4 N–H and O–H groups in total. The number of rotatable bonds is 16. The summed E-state index contributed by atoms with van der Waals surface area (Å²) >= 11 is 8.00. The van der Waals surface area contributed by atoms with Gasteiger partial charge in [-0.05, 0) is 117 Å². The Hall–Kier alpha value is -4.97. The molecule has 0 amide bonds. The van der Waals surface area contributed by atoms with Gasteiger partial charge in [-0.25, -0.2) is 4.99 Å². The second-order valence-electron chi connectivity index (χ2n) is 14.3. The molecule has 5 aromatic carbocycles. The van der Waals surface area contributed by atoms with Crippen molar-refractivity contribution in [3.63, 3.8) is 0 Å². The van der Waals surface area contributed by atoms with Crippen molar-refractivity contribution < 1.29 is 0 Å². The molecule has 0 spiro atoms. The molecule has 292 valence electrons. The predicted octanol–water partition coefficient (Wildman–Crippen LogP) is 9.14. The first-order valence-corrected chi connectivity index (χ1v) is 20.4. The fourth-order valence-corrected chi connectivity index (χ4v) is 7.95. The molecule has 1 aliphatic rings. The van der Waals surface area contributed by atoms with Gasteiger partial charge < -0.3 is 31.2 Å². The first-order chi connectivity index (χ1) is 27.2. The summed E-state index contributed by atoms with van der Waals surface area (Å²) in [6.45, 7) is 11.2. The van der Waals surface area contributed by atoms with Gasteiger partial charge in [0.1, 0.15) is 0 Å². The molecule has 1 atom stereocenters. The number of halogens is 1. The first kappa shape index (κ1) is 40.7. The van der Waals surface area contributed by atoms with E-state index in [9.17, 15) is 5.21 Å². The fraction of sp³-hybridized carbons (Fsp3) is 0.267. The second kappa shape index (κ2) is 19.8. The van der Waals surface area contributed by atoms with Gasteiger partial charge in [0.15, 0.2) is 5.84 Å². The lowest BCUT2D eigenvalue weighted by atomic mass is 9.99. The maximum Gasteiger partial charge on any atom is 0.153 e. The van der Waals surface area contributed by atoms with E-state index in [2.05, 4.69) is 112 Å². The number of aryl methyl sites for hydroxylation is 1. The number of anilines is 4. The van der Waals surface area contributed by atoms with Crippen LogP contribution in [-0.4, -0.2) is 74.2 Å². The van der Waals surface area contributed by atoms with Crippen LogP contribution in [-0.2, 0) is 6.54 Å². The summed E-state index contributed by atoms with van der Waals surface area (Å²) in [6.07, 6.45) is 2.40. The SMILES string of the molecule is C=CN=C(NN([O-])c1ccc(N[C@H](CCN(C)C)CSc2ccccc2)c(C)c1)c1ccc(N2CCN(Cc3ccccc3-c3ccc(Cl)cc3)CC2)cc1N. The number of nitrogens with one attached hydrogen (secondary N) is 2. The van der Waals surface area contributed by atoms with E-state index in [1.807, 2.05) is 73.3 Å². The highest BCUT2D eigenvalue weighted by Gasteiger charge is 2.20. The van der Waals surface area contributed by atoms with Crippen molar-refractivity contribution in [2.45, 2.75) is 30.8 Å². The summed E-state index contributed by atoms with van der Waals surface area (Å²) in [4.78, 5) is 12.7. The molecular formula is C45H52ClN8OS-. The van der Waals surface area contributed by atoms with Crippen LogP contribution in [0.3, 0.4) is 0 Å². The molecule has 1 aliphatic heterocycles.